The van der Waals surface area contributed by atoms with E-state index in [2.05, 4.69) is 10.6 Å². The molecule has 26 heavy (non-hydrogen) atoms. The van der Waals surface area contributed by atoms with Crippen LogP contribution in [0.15, 0.2) is 48.5 Å². The summed E-state index contributed by atoms with van der Waals surface area (Å²) in [5, 5.41) is 14.5. The number of carboxylic acids is 1. The molecule has 0 atom stereocenters. The molecule has 0 fully saturated rings. The molecule has 2 aromatic rings. The normalized spacial score (nSPS) is 10.4. The van der Waals surface area contributed by atoms with Crippen LogP contribution >= 0.6 is 12.2 Å². The highest BCUT2D eigenvalue weighted by Crippen LogP contribution is 2.17. The second-order valence-corrected chi connectivity index (χ2v) is 5.79. The van der Waals surface area contributed by atoms with Crippen LogP contribution in [0, 0.1) is 6.92 Å². The van der Waals surface area contributed by atoms with Crippen molar-refractivity contribution < 1.29 is 19.4 Å². The molecule has 0 saturated carbocycles. The lowest BCUT2D eigenvalue weighted by atomic mass is 10.1. The number of carboxylic acid groups (broad SMARTS) is 1. The maximum Gasteiger partial charge on any atom is 0.335 e. The quantitative estimate of drug-likeness (QED) is 0.553. The highest BCUT2D eigenvalue weighted by Gasteiger charge is 2.08. The molecule has 0 saturated heterocycles. The fourth-order valence-corrected chi connectivity index (χ4v) is 2.29. The van der Waals surface area contributed by atoms with Gasteiger partial charge < -0.3 is 15.2 Å². The topological polar surface area (TPSA) is 87.7 Å². The third-order valence-electron chi connectivity index (χ3n) is 3.51. The molecule has 0 unspecified atom stereocenters. The van der Waals surface area contributed by atoms with Crippen LogP contribution in [-0.2, 0) is 4.79 Å². The number of aromatic carboxylic acids is 1. The summed E-state index contributed by atoms with van der Waals surface area (Å²) in [6.45, 7) is 1.81. The van der Waals surface area contributed by atoms with E-state index in [4.69, 9.17) is 22.1 Å². The molecule has 0 aliphatic heterocycles. The van der Waals surface area contributed by atoms with Crippen LogP contribution in [0.25, 0.3) is 6.08 Å². The van der Waals surface area contributed by atoms with Gasteiger partial charge in [-0.15, -0.1) is 0 Å². The maximum absolute atomic E-state index is 12.0. The summed E-state index contributed by atoms with van der Waals surface area (Å²) in [6.07, 6.45) is 3.00. The highest BCUT2D eigenvalue weighted by atomic mass is 32.1. The van der Waals surface area contributed by atoms with Crippen molar-refractivity contribution >= 4 is 41.0 Å². The molecule has 0 radical (unpaired) electrons. The lowest BCUT2D eigenvalue weighted by Crippen LogP contribution is -2.33. The summed E-state index contributed by atoms with van der Waals surface area (Å²) in [5.74, 6) is -0.702. The molecule has 0 spiro atoms. The molecular formula is C19H18N2O4S. The molecule has 3 N–H and O–H groups in total. The first-order chi connectivity index (χ1) is 12.4. The number of carbonyl (C=O) groups excluding carboxylic acids is 1. The van der Waals surface area contributed by atoms with E-state index < -0.39 is 11.9 Å². The van der Waals surface area contributed by atoms with Crippen molar-refractivity contribution in [1.29, 1.82) is 0 Å². The second kappa shape index (κ2) is 8.77. The van der Waals surface area contributed by atoms with Crippen molar-refractivity contribution in [2.75, 3.05) is 12.4 Å². The molecule has 134 valence electrons. The number of methoxy groups -OCH3 is 1. The first-order valence-electron chi connectivity index (χ1n) is 7.67. The molecule has 6 nitrogen and oxygen atoms in total. The molecule has 0 aromatic heterocycles. The number of thiocarbonyl (C=S) groups is 1. The Morgan fingerprint density at radius 2 is 1.85 bits per heavy atom. The van der Waals surface area contributed by atoms with Gasteiger partial charge in [-0.1, -0.05) is 18.2 Å². The molecule has 2 rings (SSSR count). The lowest BCUT2D eigenvalue weighted by molar-refractivity contribution is -0.115. The smallest absolute Gasteiger partial charge is 0.335 e. The predicted molar refractivity (Wildman–Crippen MR) is 105 cm³/mol. The Balaban J connectivity index is 1.96. The number of aryl methyl sites for hydroxylation is 1. The summed E-state index contributed by atoms with van der Waals surface area (Å²) < 4.78 is 5.07. The number of benzene rings is 2. The van der Waals surface area contributed by atoms with Gasteiger partial charge in [-0.3, -0.25) is 10.1 Å². The Kier molecular flexibility index (Phi) is 6.46. The first-order valence-corrected chi connectivity index (χ1v) is 8.08. The van der Waals surface area contributed by atoms with Crippen LogP contribution in [0.2, 0.25) is 0 Å². The summed E-state index contributed by atoms with van der Waals surface area (Å²) in [5.41, 5.74) is 2.30. The van der Waals surface area contributed by atoms with E-state index in [0.29, 0.717) is 5.69 Å². The molecule has 2 aromatic carbocycles. The van der Waals surface area contributed by atoms with Gasteiger partial charge in [-0.05, 0) is 60.6 Å². The van der Waals surface area contributed by atoms with E-state index in [1.165, 1.54) is 18.2 Å². The molecular weight excluding hydrogens is 352 g/mol. The van der Waals surface area contributed by atoms with E-state index in [0.717, 1.165) is 16.9 Å². The zero-order chi connectivity index (χ0) is 19.1. The van der Waals surface area contributed by atoms with Crippen molar-refractivity contribution in [3.8, 4) is 5.75 Å². The van der Waals surface area contributed by atoms with Crippen LogP contribution < -0.4 is 15.4 Å². The van der Waals surface area contributed by atoms with Crippen LogP contribution in [0.5, 0.6) is 5.75 Å². The van der Waals surface area contributed by atoms with Gasteiger partial charge in [0.25, 0.3) is 0 Å². The number of hydrogen-bond donors (Lipinski definition) is 3. The van der Waals surface area contributed by atoms with Gasteiger partial charge in [0.2, 0.25) is 5.91 Å². The second-order valence-electron chi connectivity index (χ2n) is 5.38. The largest absolute Gasteiger partial charge is 0.497 e. The number of ether oxygens (including phenoxy) is 1. The van der Waals surface area contributed by atoms with Gasteiger partial charge in [0, 0.05) is 11.8 Å². The average molecular weight is 370 g/mol. The summed E-state index contributed by atoms with van der Waals surface area (Å²) >= 11 is 5.10. The highest BCUT2D eigenvalue weighted by molar-refractivity contribution is 7.80. The van der Waals surface area contributed by atoms with Gasteiger partial charge in [-0.2, -0.15) is 0 Å². The molecule has 0 aliphatic carbocycles. The zero-order valence-corrected chi connectivity index (χ0v) is 15.1. The molecule has 0 aliphatic rings. The third kappa shape index (κ3) is 5.42. The molecule has 0 bridgehead atoms. The minimum atomic E-state index is -1.04. The summed E-state index contributed by atoms with van der Waals surface area (Å²) in [7, 11) is 1.58. The number of carbonyl (C=O) groups is 2. The van der Waals surface area contributed by atoms with Gasteiger partial charge in [-0.25, -0.2) is 4.79 Å². The zero-order valence-electron chi connectivity index (χ0n) is 14.3. The standard InChI is InChI=1S/C19H18N2O4S/c1-12-3-7-14(18(23)24)11-16(12)20-19(26)21-17(22)10-6-13-4-8-15(25-2)9-5-13/h3-11H,1-2H3,(H,23,24)(H2,20,21,22,26). The predicted octanol–water partition coefficient (Wildman–Crippen LogP) is 3.23. The van der Waals surface area contributed by atoms with Crippen LogP contribution in [0.1, 0.15) is 21.5 Å². The minimum absolute atomic E-state index is 0.0834. The summed E-state index contributed by atoms with van der Waals surface area (Å²) in [6, 6.07) is 11.9. The van der Waals surface area contributed by atoms with E-state index in [1.807, 2.05) is 19.1 Å². The first kappa shape index (κ1) is 19.1. The number of hydrogen-bond acceptors (Lipinski definition) is 4. The lowest BCUT2D eigenvalue weighted by Gasteiger charge is -2.11. The van der Waals surface area contributed by atoms with Gasteiger partial charge in [0.1, 0.15) is 5.75 Å². The third-order valence-corrected chi connectivity index (χ3v) is 3.72. The van der Waals surface area contributed by atoms with E-state index in [1.54, 1.807) is 31.4 Å². The van der Waals surface area contributed by atoms with Crippen LogP contribution in [0.4, 0.5) is 5.69 Å². The number of rotatable bonds is 5. The van der Waals surface area contributed by atoms with Crippen molar-refractivity contribution in [2.45, 2.75) is 6.92 Å². The van der Waals surface area contributed by atoms with Crippen LogP contribution in [0.3, 0.4) is 0 Å². The van der Waals surface area contributed by atoms with Crippen molar-refractivity contribution in [3.05, 3.63) is 65.2 Å². The van der Waals surface area contributed by atoms with E-state index in [-0.39, 0.29) is 10.7 Å². The minimum Gasteiger partial charge on any atom is -0.497 e. The Hall–Kier alpha value is -3.19. The maximum atomic E-state index is 12.0. The van der Waals surface area contributed by atoms with Crippen molar-refractivity contribution in [1.82, 2.24) is 5.32 Å². The molecule has 7 heteroatoms. The van der Waals surface area contributed by atoms with Gasteiger partial charge in [0.05, 0.1) is 12.7 Å². The van der Waals surface area contributed by atoms with Crippen molar-refractivity contribution in [3.63, 3.8) is 0 Å². The Bertz CT molecular complexity index is 860. The Labute approximate surface area is 156 Å². The fraction of sp³-hybridized carbons (Fsp3) is 0.105. The fourth-order valence-electron chi connectivity index (χ4n) is 2.08. The van der Waals surface area contributed by atoms with Crippen molar-refractivity contribution in [2.24, 2.45) is 0 Å². The number of anilines is 1. The Morgan fingerprint density at radius 1 is 1.15 bits per heavy atom. The molecule has 1 amide bonds. The Morgan fingerprint density at radius 3 is 2.46 bits per heavy atom. The van der Waals surface area contributed by atoms with E-state index in [9.17, 15) is 9.59 Å². The molecule has 0 heterocycles. The average Bonchev–Trinajstić information content (AvgIpc) is 2.62. The SMILES string of the molecule is COc1ccc(C=CC(=O)NC(=S)Nc2cc(C(=O)O)ccc2C)cc1. The number of nitrogens with one attached hydrogen (secondary N) is 2. The van der Waals surface area contributed by atoms with Gasteiger partial charge >= 0.3 is 5.97 Å². The van der Waals surface area contributed by atoms with E-state index >= 15 is 0 Å². The monoisotopic (exact) mass is 370 g/mol. The van der Waals surface area contributed by atoms with Crippen LogP contribution in [-0.4, -0.2) is 29.2 Å². The summed E-state index contributed by atoms with van der Waals surface area (Å²) in [4.78, 5) is 23.0. The van der Waals surface area contributed by atoms with Gasteiger partial charge in [0.15, 0.2) is 5.11 Å². The number of amides is 1.